The van der Waals surface area contributed by atoms with E-state index in [4.69, 9.17) is 4.42 Å². The molecule has 0 spiro atoms. The Bertz CT molecular complexity index is 848. The van der Waals surface area contributed by atoms with Gasteiger partial charge in [-0.05, 0) is 29.6 Å². The minimum atomic E-state index is 0.587. The van der Waals surface area contributed by atoms with Gasteiger partial charge in [-0.1, -0.05) is 0 Å². The van der Waals surface area contributed by atoms with Gasteiger partial charge in [0.2, 0.25) is 5.82 Å². The number of furan rings is 1. The molecule has 142 valence electrons. The lowest BCUT2D eigenvalue weighted by atomic mass is 10.3. The Hall–Kier alpha value is -2.81. The van der Waals surface area contributed by atoms with Crippen molar-refractivity contribution in [2.75, 3.05) is 44.7 Å². The van der Waals surface area contributed by atoms with Crippen molar-refractivity contribution in [3.8, 4) is 11.6 Å². The zero-order valence-electron chi connectivity index (χ0n) is 15.3. The van der Waals surface area contributed by atoms with Crippen LogP contribution in [0.15, 0.2) is 45.3 Å². The van der Waals surface area contributed by atoms with Gasteiger partial charge in [0, 0.05) is 46.2 Å². The van der Waals surface area contributed by atoms with Crippen molar-refractivity contribution in [1.29, 1.82) is 0 Å². The summed E-state index contributed by atoms with van der Waals surface area (Å²) in [5, 5.41) is 14.1. The second-order valence-electron chi connectivity index (χ2n) is 6.23. The number of aromatic nitrogens is 3. The summed E-state index contributed by atoms with van der Waals surface area (Å²) in [5.41, 5.74) is 0. The second kappa shape index (κ2) is 8.26. The predicted molar refractivity (Wildman–Crippen MR) is 107 cm³/mol. The average Bonchev–Trinajstić information content (AvgIpc) is 3.48. The van der Waals surface area contributed by atoms with Crippen LogP contribution < -0.4 is 10.2 Å². The maximum absolute atomic E-state index is 5.32. The van der Waals surface area contributed by atoms with E-state index in [1.165, 1.54) is 5.00 Å². The molecule has 3 aromatic rings. The van der Waals surface area contributed by atoms with Crippen LogP contribution in [-0.4, -0.2) is 65.8 Å². The zero-order chi connectivity index (χ0) is 18.5. The molecule has 0 aliphatic carbocycles. The largest absolute Gasteiger partial charge is 0.461 e. The Morgan fingerprint density at radius 1 is 1.30 bits per heavy atom. The van der Waals surface area contributed by atoms with Crippen molar-refractivity contribution < 1.29 is 4.42 Å². The summed E-state index contributed by atoms with van der Waals surface area (Å²) in [6.45, 7) is 4.68. The molecule has 8 nitrogen and oxygen atoms in total. The van der Waals surface area contributed by atoms with Gasteiger partial charge in [-0.25, -0.2) is 4.98 Å². The lowest BCUT2D eigenvalue weighted by Gasteiger charge is -2.37. The van der Waals surface area contributed by atoms with Crippen molar-refractivity contribution in [3.05, 3.63) is 41.7 Å². The third-order valence-electron chi connectivity index (χ3n) is 4.53. The Morgan fingerprint density at radius 3 is 2.89 bits per heavy atom. The van der Waals surface area contributed by atoms with Crippen LogP contribution in [0.25, 0.3) is 11.6 Å². The van der Waals surface area contributed by atoms with Crippen LogP contribution >= 0.6 is 11.3 Å². The van der Waals surface area contributed by atoms with Crippen LogP contribution in [-0.2, 0) is 6.42 Å². The first-order valence-electron chi connectivity index (χ1n) is 9.02. The second-order valence-corrected chi connectivity index (χ2v) is 7.16. The van der Waals surface area contributed by atoms with Gasteiger partial charge < -0.3 is 19.5 Å². The van der Waals surface area contributed by atoms with Gasteiger partial charge in [0.25, 0.3) is 0 Å². The summed E-state index contributed by atoms with van der Waals surface area (Å²) in [6.07, 6.45) is 2.36. The molecular weight excluding hydrogens is 362 g/mol. The summed E-state index contributed by atoms with van der Waals surface area (Å²) < 4.78 is 5.32. The molecule has 0 amide bonds. The number of thiophene rings is 1. The molecule has 1 saturated heterocycles. The van der Waals surface area contributed by atoms with E-state index in [1.54, 1.807) is 17.6 Å². The highest BCUT2D eigenvalue weighted by atomic mass is 32.1. The number of hydrogen-bond acceptors (Lipinski definition) is 6. The fourth-order valence-electron chi connectivity index (χ4n) is 3.14. The third-order valence-corrected chi connectivity index (χ3v) is 5.46. The molecule has 0 aromatic carbocycles. The molecule has 0 atom stereocenters. The van der Waals surface area contributed by atoms with Crippen molar-refractivity contribution >= 4 is 22.3 Å². The minimum Gasteiger partial charge on any atom is -0.461 e. The van der Waals surface area contributed by atoms with Gasteiger partial charge in [-0.3, -0.25) is 10.1 Å². The number of piperazine rings is 1. The first-order chi connectivity index (χ1) is 13.3. The summed E-state index contributed by atoms with van der Waals surface area (Å²) >= 11 is 1.80. The predicted octanol–water partition coefficient (Wildman–Crippen LogP) is 2.07. The standard InChI is InChI=1S/C18H23N7OS/c1-19-18(25-10-8-24(9-11-25)16-5-3-13-27-16)20-7-6-15-21-17(23-22-15)14-4-2-12-26-14/h2-5,12-13H,6-11H2,1H3,(H,19,20)(H,21,22,23). The van der Waals surface area contributed by atoms with Gasteiger partial charge >= 0.3 is 0 Å². The van der Waals surface area contributed by atoms with Crippen LogP contribution in [0, 0.1) is 0 Å². The van der Waals surface area contributed by atoms with E-state index in [0.717, 1.165) is 50.9 Å². The molecule has 0 unspecified atom stereocenters. The first kappa shape index (κ1) is 17.6. The zero-order valence-corrected chi connectivity index (χ0v) is 16.1. The van der Waals surface area contributed by atoms with Crippen molar-refractivity contribution in [2.45, 2.75) is 6.42 Å². The van der Waals surface area contributed by atoms with E-state index in [1.807, 2.05) is 19.2 Å². The molecule has 1 fully saturated rings. The smallest absolute Gasteiger partial charge is 0.216 e. The normalized spacial score (nSPS) is 15.4. The number of nitrogens with one attached hydrogen (secondary N) is 2. The minimum absolute atomic E-state index is 0.587. The van der Waals surface area contributed by atoms with Crippen LogP contribution in [0.2, 0.25) is 0 Å². The maximum atomic E-state index is 5.32. The van der Waals surface area contributed by atoms with E-state index >= 15 is 0 Å². The van der Waals surface area contributed by atoms with Crippen molar-refractivity contribution in [2.24, 2.45) is 4.99 Å². The molecule has 0 saturated carbocycles. The lowest BCUT2D eigenvalue weighted by Crippen LogP contribution is -2.52. The third kappa shape index (κ3) is 4.13. The van der Waals surface area contributed by atoms with Gasteiger partial charge in [0.05, 0.1) is 11.3 Å². The average molecular weight is 385 g/mol. The molecule has 1 aliphatic rings. The molecule has 1 aliphatic heterocycles. The van der Waals surface area contributed by atoms with Gasteiger partial charge in [0.1, 0.15) is 5.82 Å². The first-order valence-corrected chi connectivity index (χ1v) is 9.90. The number of rotatable bonds is 5. The topological polar surface area (TPSA) is 85.6 Å². The molecule has 9 heteroatoms. The van der Waals surface area contributed by atoms with Crippen LogP contribution in [0.5, 0.6) is 0 Å². The Balaban J connectivity index is 1.25. The Kier molecular flexibility index (Phi) is 5.38. The maximum Gasteiger partial charge on any atom is 0.216 e. The fraction of sp³-hybridized carbons (Fsp3) is 0.389. The van der Waals surface area contributed by atoms with E-state index in [9.17, 15) is 0 Å². The number of aromatic amines is 1. The summed E-state index contributed by atoms with van der Waals surface area (Å²) in [4.78, 5) is 13.6. The highest BCUT2D eigenvalue weighted by Crippen LogP contribution is 2.22. The highest BCUT2D eigenvalue weighted by molar-refractivity contribution is 7.14. The summed E-state index contributed by atoms with van der Waals surface area (Å²) in [7, 11) is 1.83. The number of anilines is 1. The number of guanidine groups is 1. The van der Waals surface area contributed by atoms with E-state index in [2.05, 4.69) is 52.8 Å². The van der Waals surface area contributed by atoms with Crippen LogP contribution in [0.4, 0.5) is 5.00 Å². The number of H-pyrrole nitrogens is 1. The van der Waals surface area contributed by atoms with E-state index in [-0.39, 0.29) is 0 Å². The molecule has 0 radical (unpaired) electrons. The quantitative estimate of drug-likeness (QED) is 0.517. The SMILES string of the molecule is CN=C(NCCc1nc(-c2ccco2)n[nH]1)N1CCN(c2cccs2)CC1. The molecular formula is C18H23N7OS. The van der Waals surface area contributed by atoms with Crippen LogP contribution in [0.3, 0.4) is 0 Å². The monoisotopic (exact) mass is 385 g/mol. The van der Waals surface area contributed by atoms with Crippen molar-refractivity contribution in [1.82, 2.24) is 25.4 Å². The molecule has 3 aromatic heterocycles. The summed E-state index contributed by atoms with van der Waals surface area (Å²) in [5.74, 6) is 3.02. The number of hydrogen-bond donors (Lipinski definition) is 2. The summed E-state index contributed by atoms with van der Waals surface area (Å²) in [6, 6.07) is 7.97. The van der Waals surface area contributed by atoms with Gasteiger partial charge in [0.15, 0.2) is 11.7 Å². The van der Waals surface area contributed by atoms with Crippen molar-refractivity contribution in [3.63, 3.8) is 0 Å². The highest BCUT2D eigenvalue weighted by Gasteiger charge is 2.20. The molecule has 4 heterocycles. The number of aliphatic imine (C=N–C) groups is 1. The molecule has 0 bridgehead atoms. The molecule has 2 N–H and O–H groups in total. The number of nitrogens with zero attached hydrogens (tertiary/aromatic N) is 5. The van der Waals surface area contributed by atoms with E-state index < -0.39 is 0 Å². The van der Waals surface area contributed by atoms with E-state index in [0.29, 0.717) is 11.6 Å². The molecule has 4 rings (SSSR count). The Labute approximate surface area is 161 Å². The Morgan fingerprint density at radius 2 is 2.19 bits per heavy atom. The fourth-order valence-corrected chi connectivity index (χ4v) is 3.92. The van der Waals surface area contributed by atoms with Crippen LogP contribution in [0.1, 0.15) is 5.82 Å². The lowest BCUT2D eigenvalue weighted by molar-refractivity contribution is 0.373. The van der Waals surface area contributed by atoms with Gasteiger partial charge in [-0.15, -0.1) is 11.3 Å². The van der Waals surface area contributed by atoms with Gasteiger partial charge in [-0.2, -0.15) is 5.10 Å². The molecule has 27 heavy (non-hydrogen) atoms.